The van der Waals surface area contributed by atoms with E-state index in [4.69, 9.17) is 15.9 Å². The predicted molar refractivity (Wildman–Crippen MR) is 122 cm³/mol. The fourth-order valence-electron chi connectivity index (χ4n) is 3.88. The summed E-state index contributed by atoms with van der Waals surface area (Å²) in [7, 11) is 0. The van der Waals surface area contributed by atoms with Crippen molar-refractivity contribution in [2.75, 3.05) is 0 Å². The highest BCUT2D eigenvalue weighted by Gasteiger charge is 2.17. The fraction of sp³-hybridized carbons (Fsp3) is 0.227. The number of fused-ring (bicyclic) bond motifs is 2. The van der Waals surface area contributed by atoms with Crippen molar-refractivity contribution in [2.24, 2.45) is 5.11 Å². The van der Waals surface area contributed by atoms with Gasteiger partial charge >= 0.3 is 5.69 Å². The Balaban J connectivity index is 1.77. The third kappa shape index (κ3) is 3.74. The Morgan fingerprint density at radius 1 is 1.13 bits per heavy atom. The molecule has 1 N–H and O–H groups in total. The summed E-state index contributed by atoms with van der Waals surface area (Å²) >= 11 is 0. The Bertz CT molecular complexity index is 1410. The first kappa shape index (κ1) is 20.2. The van der Waals surface area contributed by atoms with E-state index in [1.54, 1.807) is 9.13 Å². The van der Waals surface area contributed by atoms with E-state index in [2.05, 4.69) is 21.2 Å². The van der Waals surface area contributed by atoms with Gasteiger partial charge in [0.25, 0.3) is 0 Å². The van der Waals surface area contributed by atoms with E-state index in [9.17, 15) is 4.79 Å². The van der Waals surface area contributed by atoms with Gasteiger partial charge in [-0.3, -0.25) is 9.13 Å². The summed E-state index contributed by atoms with van der Waals surface area (Å²) in [6.45, 7) is 6.67. The molecule has 0 aliphatic heterocycles. The third-order valence-corrected chi connectivity index (χ3v) is 5.21. The molecule has 31 heavy (non-hydrogen) atoms. The lowest BCUT2D eigenvalue weighted by molar-refractivity contribution is 0.610. The van der Waals surface area contributed by atoms with E-state index in [1.807, 2.05) is 55.5 Å². The molecule has 0 amide bonds. The normalized spacial score (nSPS) is 11.0. The van der Waals surface area contributed by atoms with E-state index < -0.39 is 0 Å². The molecule has 0 saturated heterocycles. The summed E-state index contributed by atoms with van der Waals surface area (Å²) in [5.41, 5.74) is 12.4. The number of benzene rings is 2. The minimum Gasteiger partial charge on any atom is -0.326 e. The van der Waals surface area contributed by atoms with Crippen molar-refractivity contribution in [3.63, 3.8) is 0 Å². The number of nitrogens with one attached hydrogen (secondary N) is 1. The SMILES string of the molecule is C=C(C)n1c(=O)n(Cc2nc3ccccc3n2CCCC(=N)N=[N+]=[N-])c2ccccc21. The first-order valence-corrected chi connectivity index (χ1v) is 9.94. The molecular weight excluding hydrogens is 392 g/mol. The zero-order valence-electron chi connectivity index (χ0n) is 17.2. The van der Waals surface area contributed by atoms with E-state index in [0.717, 1.165) is 27.9 Å². The standard InChI is InChI=1S/C22H22N8O/c1-15(2)30-19-11-6-5-10-18(19)29(22(30)31)14-21-25-16-8-3-4-9-17(16)28(21)13-7-12-20(23)26-27-24/h3-6,8-11,23H,1,7,12-14H2,2H3. The molecule has 2 aromatic heterocycles. The average Bonchev–Trinajstić information content (AvgIpc) is 3.23. The number of hydrogen-bond donors (Lipinski definition) is 1. The summed E-state index contributed by atoms with van der Waals surface area (Å²) < 4.78 is 5.39. The molecule has 9 heteroatoms. The maximum absolute atomic E-state index is 13.2. The number of rotatable bonds is 7. The van der Waals surface area contributed by atoms with Gasteiger partial charge in [0.1, 0.15) is 5.82 Å². The van der Waals surface area contributed by atoms with Crippen molar-refractivity contribution < 1.29 is 0 Å². The second-order valence-corrected chi connectivity index (χ2v) is 7.34. The highest BCUT2D eigenvalue weighted by Crippen LogP contribution is 2.21. The molecule has 0 unspecified atom stereocenters. The van der Waals surface area contributed by atoms with Crippen LogP contribution in [-0.4, -0.2) is 24.5 Å². The van der Waals surface area contributed by atoms with Crippen molar-refractivity contribution in [1.29, 1.82) is 5.41 Å². The van der Waals surface area contributed by atoms with Gasteiger partial charge in [0.15, 0.2) is 0 Å². The minimum absolute atomic E-state index is 0.00854. The number of aromatic nitrogens is 4. The lowest BCUT2D eigenvalue weighted by atomic mass is 10.2. The maximum atomic E-state index is 13.2. The molecule has 0 fully saturated rings. The maximum Gasteiger partial charge on any atom is 0.333 e. The topological polar surface area (TPSA) is 117 Å². The van der Waals surface area contributed by atoms with Crippen LogP contribution in [0.1, 0.15) is 25.6 Å². The molecule has 0 atom stereocenters. The van der Waals surface area contributed by atoms with Crippen LogP contribution in [0, 0.1) is 5.41 Å². The van der Waals surface area contributed by atoms with Gasteiger partial charge in [-0.2, -0.15) is 0 Å². The van der Waals surface area contributed by atoms with Crippen LogP contribution in [0.15, 0.2) is 65.0 Å². The number of azide groups is 1. The quantitative estimate of drug-likeness (QED) is 0.154. The van der Waals surface area contributed by atoms with Crippen LogP contribution in [-0.2, 0) is 13.1 Å². The highest BCUT2D eigenvalue weighted by molar-refractivity contribution is 5.80. The Kier molecular flexibility index (Phi) is 5.43. The molecule has 0 bridgehead atoms. The summed E-state index contributed by atoms with van der Waals surface area (Å²) in [4.78, 5) is 20.6. The lowest BCUT2D eigenvalue weighted by Crippen LogP contribution is -2.25. The van der Waals surface area contributed by atoms with Crippen LogP contribution >= 0.6 is 0 Å². The van der Waals surface area contributed by atoms with Gasteiger partial charge in [-0.25, -0.2) is 9.78 Å². The number of para-hydroxylation sites is 4. The summed E-state index contributed by atoms with van der Waals surface area (Å²) in [5, 5.41) is 11.0. The molecule has 4 rings (SSSR count). The Morgan fingerprint density at radius 2 is 1.81 bits per heavy atom. The van der Waals surface area contributed by atoms with Gasteiger partial charge in [-0.15, -0.1) is 0 Å². The van der Waals surface area contributed by atoms with Crippen molar-refractivity contribution >= 4 is 33.6 Å². The van der Waals surface area contributed by atoms with Crippen LogP contribution in [0.5, 0.6) is 0 Å². The van der Waals surface area contributed by atoms with Crippen LogP contribution in [0.3, 0.4) is 0 Å². The van der Waals surface area contributed by atoms with Gasteiger partial charge in [-0.1, -0.05) is 30.8 Å². The Labute approximate surface area is 178 Å². The fourth-order valence-corrected chi connectivity index (χ4v) is 3.88. The Morgan fingerprint density at radius 3 is 2.52 bits per heavy atom. The molecule has 156 valence electrons. The zero-order valence-corrected chi connectivity index (χ0v) is 17.2. The monoisotopic (exact) mass is 414 g/mol. The molecule has 4 aromatic rings. The van der Waals surface area contributed by atoms with Crippen LogP contribution in [0.25, 0.3) is 38.2 Å². The summed E-state index contributed by atoms with van der Waals surface area (Å²) in [6.07, 6.45) is 0.985. The predicted octanol–water partition coefficient (Wildman–Crippen LogP) is 4.76. The van der Waals surface area contributed by atoms with Gasteiger partial charge in [0, 0.05) is 17.2 Å². The minimum atomic E-state index is -0.155. The number of allylic oxidation sites excluding steroid dienone is 1. The number of nitrogens with zero attached hydrogens (tertiary/aromatic N) is 7. The molecule has 2 heterocycles. The number of amidine groups is 1. The zero-order chi connectivity index (χ0) is 22.0. The van der Waals surface area contributed by atoms with Gasteiger partial charge in [-0.05, 0) is 54.7 Å². The molecule has 0 radical (unpaired) electrons. The smallest absolute Gasteiger partial charge is 0.326 e. The molecule has 0 aliphatic carbocycles. The van der Waals surface area contributed by atoms with E-state index >= 15 is 0 Å². The van der Waals surface area contributed by atoms with Crippen molar-refractivity contribution in [3.05, 3.63) is 81.9 Å². The third-order valence-electron chi connectivity index (χ3n) is 5.21. The van der Waals surface area contributed by atoms with Gasteiger partial charge < -0.3 is 9.98 Å². The molecule has 0 spiro atoms. The molecule has 9 nitrogen and oxygen atoms in total. The first-order valence-electron chi connectivity index (χ1n) is 9.94. The van der Waals surface area contributed by atoms with Crippen LogP contribution in [0.2, 0.25) is 0 Å². The number of aryl methyl sites for hydroxylation is 1. The number of hydrogen-bond acceptors (Lipinski definition) is 3. The summed E-state index contributed by atoms with van der Waals surface area (Å²) in [6, 6.07) is 15.5. The first-order chi connectivity index (χ1) is 15.0. The van der Waals surface area contributed by atoms with Crippen LogP contribution in [0.4, 0.5) is 0 Å². The second-order valence-electron chi connectivity index (χ2n) is 7.34. The largest absolute Gasteiger partial charge is 0.333 e. The molecule has 0 aliphatic rings. The van der Waals surface area contributed by atoms with Crippen molar-refractivity contribution in [1.82, 2.24) is 18.7 Å². The molecular formula is C22H22N8O. The summed E-state index contributed by atoms with van der Waals surface area (Å²) in [5.74, 6) is 0.762. The molecule has 0 saturated carbocycles. The van der Waals surface area contributed by atoms with E-state index in [1.165, 1.54) is 0 Å². The second kappa shape index (κ2) is 8.33. The van der Waals surface area contributed by atoms with E-state index in [-0.39, 0.29) is 11.5 Å². The van der Waals surface area contributed by atoms with Crippen molar-refractivity contribution in [2.45, 2.75) is 32.9 Å². The molecule has 2 aromatic carbocycles. The average molecular weight is 414 g/mol. The Hall–Kier alpha value is -4.10. The van der Waals surface area contributed by atoms with Crippen LogP contribution < -0.4 is 5.69 Å². The van der Waals surface area contributed by atoms with E-state index in [0.29, 0.717) is 31.6 Å². The highest BCUT2D eigenvalue weighted by atomic mass is 16.1. The lowest BCUT2D eigenvalue weighted by Gasteiger charge is -2.10. The number of imidazole rings is 2. The van der Waals surface area contributed by atoms with Crippen molar-refractivity contribution in [3.8, 4) is 0 Å². The van der Waals surface area contributed by atoms with Gasteiger partial charge in [0.2, 0.25) is 0 Å². The van der Waals surface area contributed by atoms with Gasteiger partial charge in [0.05, 0.1) is 34.4 Å².